The van der Waals surface area contributed by atoms with Gasteiger partial charge in [-0.25, -0.2) is 0 Å². The molecule has 0 spiro atoms. The van der Waals surface area contributed by atoms with Crippen molar-refractivity contribution in [3.05, 3.63) is 0 Å². The number of nitrogens with one attached hydrogen (secondary N) is 1. The van der Waals surface area contributed by atoms with Crippen LogP contribution in [0.3, 0.4) is 0 Å². The molecular formula is C13H24N2O2. The van der Waals surface area contributed by atoms with Crippen LogP contribution in [0.15, 0.2) is 0 Å². The molecular weight excluding hydrogens is 216 g/mol. The molecule has 0 amide bonds. The number of piperidine rings is 1. The van der Waals surface area contributed by atoms with Crippen molar-refractivity contribution >= 4 is 5.97 Å². The van der Waals surface area contributed by atoms with Crippen molar-refractivity contribution in [2.75, 3.05) is 26.2 Å². The molecule has 1 aliphatic carbocycles. The number of nitrogens with zero attached hydrogens (tertiary/aromatic N) is 1. The quantitative estimate of drug-likeness (QED) is 0.757. The predicted molar refractivity (Wildman–Crippen MR) is 67.0 cm³/mol. The molecule has 2 atom stereocenters. The summed E-state index contributed by atoms with van der Waals surface area (Å²) in [5.41, 5.74) is 0. The minimum absolute atomic E-state index is 0.192. The fourth-order valence-electron chi connectivity index (χ4n) is 2.81. The summed E-state index contributed by atoms with van der Waals surface area (Å²) in [5.74, 6) is 0.0106. The first kappa shape index (κ1) is 12.8. The van der Waals surface area contributed by atoms with Crippen LogP contribution in [0, 0.1) is 11.8 Å². The summed E-state index contributed by atoms with van der Waals surface area (Å²) >= 11 is 0. The number of carboxylic acid groups (broad SMARTS) is 1. The van der Waals surface area contributed by atoms with E-state index in [4.69, 9.17) is 5.11 Å². The van der Waals surface area contributed by atoms with E-state index in [0.29, 0.717) is 12.6 Å². The number of rotatable bonds is 5. The molecule has 0 aromatic carbocycles. The van der Waals surface area contributed by atoms with Crippen LogP contribution in [0.5, 0.6) is 0 Å². The molecule has 98 valence electrons. The molecule has 4 heteroatoms. The highest BCUT2D eigenvalue weighted by atomic mass is 16.4. The molecule has 0 aromatic heterocycles. The number of likely N-dealkylation sites (N-methyl/N-ethyl adjacent to an activating group) is 1. The molecule has 2 fully saturated rings. The van der Waals surface area contributed by atoms with E-state index in [1.54, 1.807) is 0 Å². The van der Waals surface area contributed by atoms with Gasteiger partial charge in [-0.1, -0.05) is 13.3 Å². The Hall–Kier alpha value is -0.610. The first-order valence-corrected chi connectivity index (χ1v) is 6.87. The Morgan fingerprint density at radius 3 is 2.71 bits per heavy atom. The van der Waals surface area contributed by atoms with Gasteiger partial charge in [0.15, 0.2) is 0 Å². The number of carboxylic acids is 1. The van der Waals surface area contributed by atoms with Crippen LogP contribution in [0.4, 0.5) is 0 Å². The van der Waals surface area contributed by atoms with Gasteiger partial charge in [0.25, 0.3) is 0 Å². The Bertz CT molecular complexity index is 266. The average Bonchev–Trinajstić information content (AvgIpc) is 2.26. The summed E-state index contributed by atoms with van der Waals surface area (Å²) in [6.45, 7) is 5.85. The average molecular weight is 240 g/mol. The highest BCUT2D eigenvalue weighted by Crippen LogP contribution is 2.26. The van der Waals surface area contributed by atoms with Gasteiger partial charge in [0.05, 0.1) is 5.92 Å². The van der Waals surface area contributed by atoms with Gasteiger partial charge in [0, 0.05) is 19.1 Å². The molecule has 2 unspecified atom stereocenters. The van der Waals surface area contributed by atoms with Crippen molar-refractivity contribution < 1.29 is 9.90 Å². The maximum Gasteiger partial charge on any atom is 0.307 e. The third-order valence-electron chi connectivity index (χ3n) is 4.24. The van der Waals surface area contributed by atoms with E-state index >= 15 is 0 Å². The van der Waals surface area contributed by atoms with Gasteiger partial charge in [0.1, 0.15) is 0 Å². The standard InChI is InChI=1S/C13H24N2O2/c1-2-15-8-11(13(16)17)6-12(9-15)14-7-10-4-3-5-10/h10-12,14H,2-9H2,1H3,(H,16,17). The molecule has 4 nitrogen and oxygen atoms in total. The summed E-state index contributed by atoms with van der Waals surface area (Å²) in [6, 6.07) is 0.366. The molecule has 0 bridgehead atoms. The minimum Gasteiger partial charge on any atom is -0.481 e. The van der Waals surface area contributed by atoms with Gasteiger partial charge in [0.2, 0.25) is 0 Å². The Morgan fingerprint density at radius 2 is 2.18 bits per heavy atom. The fraction of sp³-hybridized carbons (Fsp3) is 0.923. The first-order valence-electron chi connectivity index (χ1n) is 6.87. The minimum atomic E-state index is -0.640. The van der Waals surface area contributed by atoms with Crippen molar-refractivity contribution in [2.24, 2.45) is 11.8 Å². The predicted octanol–water partition coefficient (Wildman–Crippen LogP) is 1.17. The molecule has 1 heterocycles. The monoisotopic (exact) mass is 240 g/mol. The maximum atomic E-state index is 11.1. The topological polar surface area (TPSA) is 52.6 Å². The van der Waals surface area contributed by atoms with Gasteiger partial charge >= 0.3 is 5.97 Å². The second kappa shape index (κ2) is 5.83. The summed E-state index contributed by atoms with van der Waals surface area (Å²) in [4.78, 5) is 13.4. The number of carbonyl (C=O) groups is 1. The zero-order chi connectivity index (χ0) is 12.3. The van der Waals surface area contributed by atoms with E-state index < -0.39 is 5.97 Å². The van der Waals surface area contributed by atoms with Crippen LogP contribution < -0.4 is 5.32 Å². The molecule has 1 saturated heterocycles. The number of hydrogen-bond acceptors (Lipinski definition) is 3. The van der Waals surface area contributed by atoms with Gasteiger partial charge in [-0.05, 0) is 38.3 Å². The summed E-state index contributed by atoms with van der Waals surface area (Å²) in [6.07, 6.45) is 4.85. The third-order valence-corrected chi connectivity index (χ3v) is 4.24. The molecule has 1 saturated carbocycles. The van der Waals surface area contributed by atoms with Gasteiger partial charge in [-0.15, -0.1) is 0 Å². The number of likely N-dealkylation sites (tertiary alicyclic amines) is 1. The van der Waals surface area contributed by atoms with Crippen LogP contribution in [0.1, 0.15) is 32.6 Å². The van der Waals surface area contributed by atoms with Crippen molar-refractivity contribution in [2.45, 2.75) is 38.6 Å². The SMILES string of the molecule is CCN1CC(NCC2CCC2)CC(C(=O)O)C1. The molecule has 0 radical (unpaired) electrons. The molecule has 2 aliphatic rings. The van der Waals surface area contributed by atoms with E-state index in [1.807, 2.05) is 0 Å². The van der Waals surface area contributed by atoms with Crippen LogP contribution in [0.2, 0.25) is 0 Å². The third kappa shape index (κ3) is 3.42. The molecule has 1 aliphatic heterocycles. The molecule has 17 heavy (non-hydrogen) atoms. The van der Waals surface area contributed by atoms with Gasteiger partial charge in [-0.3, -0.25) is 4.79 Å². The van der Waals surface area contributed by atoms with Crippen molar-refractivity contribution in [1.82, 2.24) is 10.2 Å². The van der Waals surface area contributed by atoms with Crippen LogP contribution in [-0.4, -0.2) is 48.2 Å². The van der Waals surface area contributed by atoms with Crippen molar-refractivity contribution in [1.29, 1.82) is 0 Å². The summed E-state index contributed by atoms with van der Waals surface area (Å²) in [5, 5.41) is 12.7. The van der Waals surface area contributed by atoms with Gasteiger partial charge < -0.3 is 15.3 Å². The van der Waals surface area contributed by atoms with Gasteiger partial charge in [-0.2, -0.15) is 0 Å². The lowest BCUT2D eigenvalue weighted by Gasteiger charge is -2.37. The summed E-state index contributed by atoms with van der Waals surface area (Å²) < 4.78 is 0. The Balaban J connectivity index is 1.80. The number of hydrogen-bond donors (Lipinski definition) is 2. The Labute approximate surface area is 103 Å². The highest BCUT2D eigenvalue weighted by Gasteiger charge is 2.31. The first-order chi connectivity index (χ1) is 8.19. The summed E-state index contributed by atoms with van der Waals surface area (Å²) in [7, 11) is 0. The molecule has 2 rings (SSSR count). The van der Waals surface area contributed by atoms with Crippen LogP contribution in [0.25, 0.3) is 0 Å². The van der Waals surface area contributed by atoms with E-state index in [0.717, 1.165) is 32.0 Å². The van der Waals surface area contributed by atoms with E-state index in [1.165, 1.54) is 19.3 Å². The highest BCUT2D eigenvalue weighted by molar-refractivity contribution is 5.70. The van der Waals surface area contributed by atoms with E-state index in [9.17, 15) is 4.79 Å². The number of aliphatic carboxylic acids is 1. The Morgan fingerprint density at radius 1 is 1.41 bits per heavy atom. The second-order valence-electron chi connectivity index (χ2n) is 5.53. The lowest BCUT2D eigenvalue weighted by Crippen LogP contribution is -2.51. The van der Waals surface area contributed by atoms with Crippen molar-refractivity contribution in [3.8, 4) is 0 Å². The van der Waals surface area contributed by atoms with E-state index in [2.05, 4.69) is 17.1 Å². The van der Waals surface area contributed by atoms with Crippen molar-refractivity contribution in [3.63, 3.8) is 0 Å². The second-order valence-corrected chi connectivity index (χ2v) is 5.53. The Kier molecular flexibility index (Phi) is 4.40. The fourth-order valence-corrected chi connectivity index (χ4v) is 2.81. The smallest absolute Gasteiger partial charge is 0.307 e. The largest absolute Gasteiger partial charge is 0.481 e. The lowest BCUT2D eigenvalue weighted by atomic mass is 9.85. The molecule has 2 N–H and O–H groups in total. The zero-order valence-corrected chi connectivity index (χ0v) is 10.7. The maximum absolute atomic E-state index is 11.1. The van der Waals surface area contributed by atoms with Crippen LogP contribution >= 0.6 is 0 Å². The lowest BCUT2D eigenvalue weighted by molar-refractivity contribution is -0.144. The normalized spacial score (nSPS) is 31.1. The van der Waals surface area contributed by atoms with Crippen LogP contribution in [-0.2, 0) is 4.79 Å². The zero-order valence-electron chi connectivity index (χ0n) is 10.7. The van der Waals surface area contributed by atoms with E-state index in [-0.39, 0.29) is 5.92 Å². The molecule has 0 aromatic rings.